The summed E-state index contributed by atoms with van der Waals surface area (Å²) in [6.45, 7) is 4.58. The molecule has 0 fully saturated rings. The molecule has 1 heterocycles. The first-order valence-electron chi connectivity index (χ1n) is 9.08. The second kappa shape index (κ2) is 9.18. The van der Waals surface area contributed by atoms with Crippen LogP contribution in [0.5, 0.6) is 0 Å². The minimum Gasteiger partial charge on any atom is -0.448 e. The monoisotopic (exact) mass is 399 g/mol. The molecule has 1 atom stereocenters. The van der Waals surface area contributed by atoms with Crippen LogP contribution in [0.25, 0.3) is 0 Å². The van der Waals surface area contributed by atoms with Crippen molar-refractivity contribution in [2.75, 3.05) is 18.9 Å². The Kier molecular flexibility index (Phi) is 6.93. The Morgan fingerprint density at radius 2 is 1.79 bits per heavy atom. The predicted octanol–water partition coefficient (Wildman–Crippen LogP) is 2.18. The Labute approximate surface area is 169 Å². The fourth-order valence-corrected chi connectivity index (χ4v) is 2.67. The van der Waals surface area contributed by atoms with E-state index in [2.05, 4.69) is 5.32 Å². The molecule has 154 valence electrons. The Morgan fingerprint density at radius 1 is 1.17 bits per heavy atom. The molecule has 0 saturated carbocycles. The molecule has 8 nitrogen and oxygen atoms in total. The van der Waals surface area contributed by atoms with E-state index < -0.39 is 18.0 Å². The van der Waals surface area contributed by atoms with Crippen molar-refractivity contribution in [3.63, 3.8) is 0 Å². The van der Waals surface area contributed by atoms with E-state index in [1.54, 1.807) is 19.2 Å². The van der Waals surface area contributed by atoms with Crippen molar-refractivity contribution in [1.29, 1.82) is 0 Å². The summed E-state index contributed by atoms with van der Waals surface area (Å²) in [7, 11) is 3.06. The molecule has 2 aromatic rings. The number of aryl methyl sites for hydroxylation is 2. The highest BCUT2D eigenvalue weighted by atomic mass is 16.5. The van der Waals surface area contributed by atoms with Crippen LogP contribution in [-0.2, 0) is 21.4 Å². The lowest BCUT2D eigenvalue weighted by Crippen LogP contribution is -2.41. The van der Waals surface area contributed by atoms with Gasteiger partial charge in [-0.1, -0.05) is 17.7 Å². The number of Topliss-reactive ketones (excluding diaryl/α,β-unsaturated/α-hetero) is 1. The van der Waals surface area contributed by atoms with Crippen molar-refractivity contribution in [3.8, 4) is 0 Å². The van der Waals surface area contributed by atoms with Crippen LogP contribution >= 0.6 is 0 Å². The predicted molar refractivity (Wildman–Crippen MR) is 108 cm³/mol. The lowest BCUT2D eigenvalue weighted by Gasteiger charge is -2.21. The third-order valence-corrected chi connectivity index (χ3v) is 4.34. The molecular weight excluding hydrogens is 374 g/mol. The Morgan fingerprint density at radius 3 is 2.34 bits per heavy atom. The molecule has 0 saturated heterocycles. The van der Waals surface area contributed by atoms with E-state index in [4.69, 9.17) is 4.74 Å². The van der Waals surface area contributed by atoms with Crippen molar-refractivity contribution in [2.45, 2.75) is 26.9 Å². The van der Waals surface area contributed by atoms with Gasteiger partial charge >= 0.3 is 5.97 Å². The molecule has 1 aromatic heterocycles. The third kappa shape index (κ3) is 5.78. The molecule has 2 amide bonds. The minimum atomic E-state index is -1.09. The number of anilines is 1. The smallest absolute Gasteiger partial charge is 0.355 e. The number of rotatable bonds is 7. The fourth-order valence-electron chi connectivity index (χ4n) is 2.67. The van der Waals surface area contributed by atoms with E-state index >= 15 is 0 Å². The van der Waals surface area contributed by atoms with E-state index in [1.807, 2.05) is 19.1 Å². The van der Waals surface area contributed by atoms with E-state index in [1.165, 1.54) is 42.6 Å². The average molecular weight is 399 g/mol. The van der Waals surface area contributed by atoms with Crippen molar-refractivity contribution in [3.05, 3.63) is 53.3 Å². The van der Waals surface area contributed by atoms with Gasteiger partial charge in [0.05, 0.1) is 6.54 Å². The second-order valence-corrected chi connectivity index (χ2v) is 6.94. The summed E-state index contributed by atoms with van der Waals surface area (Å²) in [5, 5.41) is 2.71. The molecule has 1 aromatic carbocycles. The summed E-state index contributed by atoms with van der Waals surface area (Å²) >= 11 is 0. The summed E-state index contributed by atoms with van der Waals surface area (Å²) < 4.78 is 6.68. The maximum Gasteiger partial charge on any atom is 0.355 e. The number of hydrogen-bond donors (Lipinski definition) is 1. The van der Waals surface area contributed by atoms with Gasteiger partial charge in [-0.25, -0.2) is 4.79 Å². The lowest BCUT2D eigenvalue weighted by atomic mass is 10.2. The topological polar surface area (TPSA) is 97.7 Å². The Bertz CT molecular complexity index is 930. The minimum absolute atomic E-state index is 0.162. The van der Waals surface area contributed by atoms with Gasteiger partial charge < -0.3 is 19.5 Å². The quantitative estimate of drug-likeness (QED) is 0.568. The standard InChI is InChI=1S/C21H25N3O5/c1-13-6-8-17(9-7-13)22-19(26)12-24(5)20(27)15(3)29-21(28)18-10-16(14(2)25)11-23(18)4/h6-11,15H,12H2,1-5H3,(H,22,26)/t15-/m1/s1. The van der Waals surface area contributed by atoms with Crippen LogP contribution in [0.2, 0.25) is 0 Å². The molecule has 0 aliphatic rings. The van der Waals surface area contributed by atoms with Crippen LogP contribution in [0.4, 0.5) is 5.69 Å². The van der Waals surface area contributed by atoms with Crippen LogP contribution in [0.3, 0.4) is 0 Å². The summed E-state index contributed by atoms with van der Waals surface area (Å²) in [6, 6.07) is 8.70. The van der Waals surface area contributed by atoms with Crippen molar-refractivity contribution in [2.24, 2.45) is 7.05 Å². The second-order valence-electron chi connectivity index (χ2n) is 6.94. The number of amides is 2. The maximum atomic E-state index is 12.4. The number of esters is 1. The van der Waals surface area contributed by atoms with Crippen LogP contribution in [-0.4, -0.2) is 52.7 Å². The summed E-state index contributed by atoms with van der Waals surface area (Å²) in [5.74, 6) is -1.78. The zero-order chi connectivity index (χ0) is 21.7. The highest BCUT2D eigenvalue weighted by Crippen LogP contribution is 2.12. The lowest BCUT2D eigenvalue weighted by molar-refractivity contribution is -0.140. The number of ether oxygens (including phenoxy) is 1. The largest absolute Gasteiger partial charge is 0.448 e. The molecule has 0 unspecified atom stereocenters. The molecule has 0 aliphatic heterocycles. The van der Waals surface area contributed by atoms with Crippen molar-refractivity contribution in [1.82, 2.24) is 9.47 Å². The first-order chi connectivity index (χ1) is 13.6. The van der Waals surface area contributed by atoms with Gasteiger partial charge in [-0.15, -0.1) is 0 Å². The Balaban J connectivity index is 1.92. The van der Waals surface area contributed by atoms with Crippen LogP contribution < -0.4 is 5.32 Å². The van der Waals surface area contributed by atoms with E-state index in [0.717, 1.165) is 5.56 Å². The molecular formula is C21H25N3O5. The number of carbonyl (C=O) groups excluding carboxylic acids is 4. The molecule has 0 bridgehead atoms. The first-order valence-corrected chi connectivity index (χ1v) is 9.08. The summed E-state index contributed by atoms with van der Waals surface area (Å²) in [4.78, 5) is 49.5. The van der Waals surface area contributed by atoms with Gasteiger partial charge in [-0.3, -0.25) is 14.4 Å². The zero-order valence-electron chi connectivity index (χ0n) is 17.2. The van der Waals surface area contributed by atoms with Gasteiger partial charge in [0.2, 0.25) is 5.91 Å². The molecule has 0 radical (unpaired) electrons. The van der Waals surface area contributed by atoms with E-state index in [0.29, 0.717) is 11.3 Å². The van der Waals surface area contributed by atoms with Crippen LogP contribution in [0, 0.1) is 6.92 Å². The number of ketones is 1. The van der Waals surface area contributed by atoms with Crippen molar-refractivity contribution >= 4 is 29.3 Å². The molecule has 1 N–H and O–H groups in total. The van der Waals surface area contributed by atoms with Gasteiger partial charge in [0.1, 0.15) is 5.69 Å². The first kappa shape index (κ1) is 21.9. The average Bonchev–Trinajstić information content (AvgIpc) is 3.05. The van der Waals surface area contributed by atoms with Crippen molar-refractivity contribution < 1.29 is 23.9 Å². The van der Waals surface area contributed by atoms with Gasteiger partial charge in [0, 0.05) is 31.5 Å². The third-order valence-electron chi connectivity index (χ3n) is 4.34. The van der Waals surface area contributed by atoms with Gasteiger partial charge in [0.25, 0.3) is 5.91 Å². The highest BCUT2D eigenvalue weighted by molar-refractivity contribution is 5.99. The highest BCUT2D eigenvalue weighted by Gasteiger charge is 2.25. The number of hydrogen-bond acceptors (Lipinski definition) is 5. The van der Waals surface area contributed by atoms with E-state index in [9.17, 15) is 19.2 Å². The number of nitrogens with zero attached hydrogens (tertiary/aromatic N) is 2. The van der Waals surface area contributed by atoms with Gasteiger partial charge in [0.15, 0.2) is 11.9 Å². The number of carbonyl (C=O) groups is 4. The van der Waals surface area contributed by atoms with E-state index in [-0.39, 0.29) is 23.9 Å². The Hall–Kier alpha value is -3.42. The number of aromatic nitrogens is 1. The van der Waals surface area contributed by atoms with Crippen LogP contribution in [0.1, 0.15) is 40.3 Å². The molecule has 0 aliphatic carbocycles. The molecule has 2 rings (SSSR count). The fraction of sp³-hybridized carbons (Fsp3) is 0.333. The zero-order valence-corrected chi connectivity index (χ0v) is 17.2. The SMILES string of the molecule is CC(=O)c1cc(C(=O)O[C@H](C)C(=O)N(C)CC(=O)Nc2ccc(C)cc2)n(C)c1. The number of likely N-dealkylation sites (N-methyl/N-ethyl adjacent to an activating group) is 1. The molecule has 29 heavy (non-hydrogen) atoms. The normalized spacial score (nSPS) is 11.5. The number of nitrogens with one attached hydrogen (secondary N) is 1. The van der Waals surface area contributed by atoms with Gasteiger partial charge in [-0.2, -0.15) is 0 Å². The number of benzene rings is 1. The van der Waals surface area contributed by atoms with Gasteiger partial charge in [-0.05, 0) is 39.0 Å². The summed E-state index contributed by atoms with van der Waals surface area (Å²) in [6.07, 6.45) is 0.433. The maximum absolute atomic E-state index is 12.4. The molecule has 8 heteroatoms. The summed E-state index contributed by atoms with van der Waals surface area (Å²) in [5.41, 5.74) is 2.24. The van der Waals surface area contributed by atoms with Crippen LogP contribution in [0.15, 0.2) is 36.5 Å². The molecule has 0 spiro atoms.